The molecule has 1 aliphatic carbocycles. The lowest BCUT2D eigenvalue weighted by atomic mass is 9.93. The second-order valence-electron chi connectivity index (χ2n) is 9.94. The van der Waals surface area contributed by atoms with Gasteiger partial charge in [-0.3, -0.25) is 14.4 Å². The molecule has 1 aromatic heterocycles. The Bertz CT molecular complexity index is 1500. The molecule has 1 saturated heterocycles. The third kappa shape index (κ3) is 4.79. The minimum absolute atomic E-state index is 0.0602. The van der Waals surface area contributed by atoms with Crippen LogP contribution in [-0.2, 0) is 37.7 Å². The fourth-order valence-corrected chi connectivity index (χ4v) is 6.07. The molecule has 0 bridgehead atoms. The van der Waals surface area contributed by atoms with E-state index in [0.717, 1.165) is 45.1 Å². The van der Waals surface area contributed by atoms with Crippen LogP contribution in [0.15, 0.2) is 42.5 Å². The van der Waals surface area contributed by atoms with E-state index in [4.69, 9.17) is 4.74 Å². The number of aryl methyl sites for hydroxylation is 2. The molecule has 2 amide bonds. The Labute approximate surface area is 231 Å². The zero-order chi connectivity index (χ0) is 29.0. The molecular weight excluding hydrogens is 550 g/mol. The Kier molecular flexibility index (Phi) is 7.03. The third-order valence-corrected chi connectivity index (χ3v) is 8.40. The number of ether oxygens (including phenoxy) is 1. The number of hydrogen-bond acceptors (Lipinski definition) is 6. The van der Waals surface area contributed by atoms with Gasteiger partial charge in [0.1, 0.15) is 25.1 Å². The van der Waals surface area contributed by atoms with Crippen molar-refractivity contribution in [2.75, 3.05) is 13.3 Å². The Balaban J connectivity index is 1.39. The number of thiazole rings is 1. The first-order chi connectivity index (χ1) is 18.8. The second-order valence-corrected chi connectivity index (χ2v) is 11.1. The van der Waals surface area contributed by atoms with Crippen molar-refractivity contribution < 1.29 is 36.7 Å². The van der Waals surface area contributed by atoms with E-state index >= 15 is 0 Å². The van der Waals surface area contributed by atoms with Crippen LogP contribution in [0.2, 0.25) is 0 Å². The first kappa shape index (κ1) is 27.9. The van der Waals surface area contributed by atoms with E-state index in [-0.39, 0.29) is 12.0 Å². The molecule has 210 valence electrons. The molecule has 0 saturated carbocycles. The van der Waals surface area contributed by atoms with Gasteiger partial charge in [0.15, 0.2) is 5.78 Å². The monoisotopic (exact) mass is 575 g/mol. The highest BCUT2D eigenvalue weighted by Crippen LogP contribution is 2.44. The van der Waals surface area contributed by atoms with Gasteiger partial charge in [0.25, 0.3) is 5.91 Å². The summed E-state index contributed by atoms with van der Waals surface area (Å²) in [5, 5.41) is 0.892. The molecule has 1 spiro atoms. The van der Waals surface area contributed by atoms with E-state index < -0.39 is 61.1 Å². The number of hydrogen-bond donors (Lipinski definition) is 0. The summed E-state index contributed by atoms with van der Waals surface area (Å²) < 4.78 is 60.0. The van der Waals surface area contributed by atoms with Crippen molar-refractivity contribution in [2.45, 2.75) is 51.6 Å². The van der Waals surface area contributed by atoms with Crippen LogP contribution in [0.25, 0.3) is 10.4 Å². The van der Waals surface area contributed by atoms with Crippen molar-refractivity contribution in [1.82, 2.24) is 14.8 Å². The minimum atomic E-state index is -4.74. The van der Waals surface area contributed by atoms with Crippen LogP contribution in [0.1, 0.15) is 34.3 Å². The Morgan fingerprint density at radius 3 is 2.50 bits per heavy atom. The molecule has 2 atom stereocenters. The lowest BCUT2D eigenvalue weighted by Gasteiger charge is -2.32. The molecule has 12 heteroatoms. The van der Waals surface area contributed by atoms with Crippen LogP contribution >= 0.6 is 11.3 Å². The number of carbonyl (C=O) groups is 3. The van der Waals surface area contributed by atoms with Gasteiger partial charge in [0, 0.05) is 18.5 Å². The SMILES string of the molecule is Cc1nc(C)c(-c2ccc3c(c2)CC(=O)[C@]32OCN(CC(=O)N(Cc3ccc(F)cc3)C(C)C(F)(F)F)C2=O)s1. The van der Waals surface area contributed by atoms with Crippen molar-refractivity contribution in [1.29, 1.82) is 0 Å². The number of fused-ring (bicyclic) bond motifs is 2. The van der Waals surface area contributed by atoms with Crippen LogP contribution in [-0.4, -0.2) is 57.9 Å². The molecule has 2 heterocycles. The normalized spacial score (nSPS) is 19.4. The highest BCUT2D eigenvalue weighted by Gasteiger charge is 2.59. The van der Waals surface area contributed by atoms with E-state index in [0.29, 0.717) is 16.0 Å². The predicted octanol–water partition coefficient (Wildman–Crippen LogP) is 4.68. The van der Waals surface area contributed by atoms with E-state index in [1.54, 1.807) is 12.1 Å². The highest BCUT2D eigenvalue weighted by molar-refractivity contribution is 7.15. The second kappa shape index (κ2) is 10.1. The van der Waals surface area contributed by atoms with E-state index in [1.807, 2.05) is 19.9 Å². The van der Waals surface area contributed by atoms with Crippen LogP contribution in [0.5, 0.6) is 0 Å². The summed E-state index contributed by atoms with van der Waals surface area (Å²) in [6.45, 7) is 3.01. The quantitative estimate of drug-likeness (QED) is 0.315. The molecular formula is C28H25F4N3O4S. The van der Waals surface area contributed by atoms with Crippen LogP contribution in [0.3, 0.4) is 0 Å². The molecule has 3 aromatic rings. The number of Topliss-reactive ketones (excluding diaryl/α,β-unsaturated/α-hetero) is 1. The van der Waals surface area contributed by atoms with Gasteiger partial charge in [0.2, 0.25) is 11.5 Å². The molecule has 1 unspecified atom stereocenters. The fourth-order valence-electron chi connectivity index (χ4n) is 5.16. The molecule has 40 heavy (non-hydrogen) atoms. The molecule has 2 aromatic carbocycles. The maximum absolute atomic E-state index is 13.6. The number of amides is 2. The van der Waals surface area contributed by atoms with Crippen LogP contribution in [0.4, 0.5) is 17.6 Å². The average molecular weight is 576 g/mol. The molecule has 1 fully saturated rings. The standard InChI is InChI=1S/C28H25F4N3O4S/c1-15-25(40-17(3)33-15)19-6-9-22-20(10-19)11-23(36)27(22)26(38)34(14-39-27)13-24(37)35(16(2)28(30,31)32)12-18-4-7-21(29)8-5-18/h4-10,16H,11-14H2,1-3H3/t16?,27-/m1/s1. The number of aromatic nitrogens is 1. The van der Waals surface area contributed by atoms with Gasteiger partial charge < -0.3 is 14.5 Å². The zero-order valence-corrected chi connectivity index (χ0v) is 22.7. The molecule has 0 N–H and O–H groups in total. The molecule has 7 nitrogen and oxygen atoms in total. The van der Waals surface area contributed by atoms with Crippen LogP contribution < -0.4 is 0 Å². The Hall–Kier alpha value is -3.64. The summed E-state index contributed by atoms with van der Waals surface area (Å²) in [4.78, 5) is 46.9. The number of ketones is 1. The summed E-state index contributed by atoms with van der Waals surface area (Å²) in [7, 11) is 0. The van der Waals surface area contributed by atoms with Gasteiger partial charge in [-0.15, -0.1) is 11.3 Å². The fraction of sp³-hybridized carbons (Fsp3) is 0.357. The van der Waals surface area contributed by atoms with Crippen molar-refractivity contribution in [2.24, 2.45) is 0 Å². The number of nitrogens with zero attached hydrogens (tertiary/aromatic N) is 3. The smallest absolute Gasteiger partial charge is 0.332 e. The zero-order valence-electron chi connectivity index (χ0n) is 21.8. The number of rotatable bonds is 6. The lowest BCUT2D eigenvalue weighted by molar-refractivity contribution is -0.187. The van der Waals surface area contributed by atoms with E-state index in [9.17, 15) is 31.9 Å². The average Bonchev–Trinajstić information content (AvgIpc) is 3.50. The highest BCUT2D eigenvalue weighted by atomic mass is 32.1. The summed E-state index contributed by atoms with van der Waals surface area (Å²) >= 11 is 1.51. The number of carbonyl (C=O) groups excluding carboxylic acids is 3. The van der Waals surface area contributed by atoms with Crippen molar-refractivity contribution in [3.63, 3.8) is 0 Å². The third-order valence-electron chi connectivity index (χ3n) is 7.27. The van der Waals surface area contributed by atoms with Crippen molar-refractivity contribution in [3.8, 4) is 10.4 Å². The summed E-state index contributed by atoms with van der Waals surface area (Å²) in [6, 6.07) is 7.82. The van der Waals surface area contributed by atoms with Gasteiger partial charge in [-0.25, -0.2) is 9.37 Å². The largest absolute Gasteiger partial charge is 0.408 e. The van der Waals surface area contributed by atoms with Crippen LogP contribution in [0, 0.1) is 19.7 Å². The van der Waals surface area contributed by atoms with Gasteiger partial charge in [0.05, 0.1) is 15.6 Å². The summed E-state index contributed by atoms with van der Waals surface area (Å²) in [5.74, 6) is -2.84. The molecule has 2 aliphatic rings. The topological polar surface area (TPSA) is 79.8 Å². The first-order valence-electron chi connectivity index (χ1n) is 12.5. The molecule has 5 rings (SSSR count). The minimum Gasteiger partial charge on any atom is -0.332 e. The van der Waals surface area contributed by atoms with Crippen molar-refractivity contribution >= 4 is 28.9 Å². The van der Waals surface area contributed by atoms with Gasteiger partial charge in [-0.2, -0.15) is 13.2 Å². The lowest BCUT2D eigenvalue weighted by Crippen LogP contribution is -2.51. The Morgan fingerprint density at radius 1 is 1.18 bits per heavy atom. The molecule has 0 radical (unpaired) electrons. The van der Waals surface area contributed by atoms with Crippen molar-refractivity contribution in [3.05, 3.63) is 75.7 Å². The summed E-state index contributed by atoms with van der Waals surface area (Å²) in [6.07, 6.45) is -4.80. The van der Waals surface area contributed by atoms with E-state index in [2.05, 4.69) is 4.98 Å². The molecule has 1 aliphatic heterocycles. The maximum atomic E-state index is 13.6. The predicted molar refractivity (Wildman–Crippen MR) is 138 cm³/mol. The maximum Gasteiger partial charge on any atom is 0.408 e. The first-order valence-corrected chi connectivity index (χ1v) is 13.3. The van der Waals surface area contributed by atoms with Gasteiger partial charge >= 0.3 is 6.18 Å². The number of halogens is 4. The summed E-state index contributed by atoms with van der Waals surface area (Å²) in [5.41, 5.74) is 1.02. The van der Waals surface area contributed by atoms with Gasteiger partial charge in [-0.05, 0) is 55.7 Å². The number of benzene rings is 2. The van der Waals surface area contributed by atoms with Gasteiger partial charge in [-0.1, -0.05) is 24.3 Å². The number of alkyl halides is 3. The Morgan fingerprint density at radius 2 is 1.88 bits per heavy atom. The van der Waals surface area contributed by atoms with E-state index in [1.165, 1.54) is 23.5 Å².